The van der Waals surface area contributed by atoms with Gasteiger partial charge >= 0.3 is 12.2 Å². The van der Waals surface area contributed by atoms with Gasteiger partial charge in [-0.1, -0.05) is 6.42 Å². The van der Waals surface area contributed by atoms with E-state index in [0.717, 1.165) is 11.3 Å². The molecule has 0 fully saturated rings. The summed E-state index contributed by atoms with van der Waals surface area (Å²) in [7, 11) is 0. The summed E-state index contributed by atoms with van der Waals surface area (Å²) < 4.78 is 10.5. The van der Waals surface area contributed by atoms with Crippen molar-refractivity contribution in [3.8, 4) is 0 Å². The normalized spacial score (nSPS) is 13.4. The molecule has 0 heterocycles. The number of carbonyl (C=O) groups is 2. The van der Waals surface area contributed by atoms with Gasteiger partial charge in [0.15, 0.2) is 0 Å². The summed E-state index contributed by atoms with van der Waals surface area (Å²) >= 11 is 0. The largest absolute Gasteiger partial charge is 0.443 e. The van der Waals surface area contributed by atoms with Crippen molar-refractivity contribution in [3.05, 3.63) is 0 Å². The Kier molecular flexibility index (Phi) is 8.55. The average molecular weight is 332 g/mol. The number of aliphatic hydroxyl groups excluding tert-OH is 1. The van der Waals surface area contributed by atoms with E-state index >= 15 is 0 Å². The van der Waals surface area contributed by atoms with E-state index in [4.69, 9.17) is 15.2 Å². The number of aliphatic hydroxyl groups is 1. The molecule has 0 radical (unpaired) electrons. The highest BCUT2D eigenvalue weighted by Crippen LogP contribution is 2.19. The lowest BCUT2D eigenvalue weighted by atomic mass is 10.1. The standard InChI is InChI=1S/C16H32N2O5/c1-15(2,3)22-13(20)18(14(21)23-16(4,5)6)12(11-19)9-7-8-10-17/h12,19H,7-11,17H2,1-6H3/t12-/m0/s1. The van der Waals surface area contributed by atoms with Crippen molar-refractivity contribution in [3.63, 3.8) is 0 Å². The lowest BCUT2D eigenvalue weighted by Gasteiger charge is -2.32. The molecule has 1 atom stereocenters. The third kappa shape index (κ3) is 9.40. The molecular formula is C16H32N2O5. The molecule has 23 heavy (non-hydrogen) atoms. The molecule has 0 bridgehead atoms. The smallest absolute Gasteiger partial charge is 0.420 e. The quantitative estimate of drug-likeness (QED) is 0.725. The second kappa shape index (κ2) is 9.08. The van der Waals surface area contributed by atoms with Crippen molar-refractivity contribution in [2.75, 3.05) is 13.2 Å². The van der Waals surface area contributed by atoms with Crippen LogP contribution >= 0.6 is 0 Å². The number of amides is 2. The van der Waals surface area contributed by atoms with Crippen LogP contribution in [0.1, 0.15) is 60.8 Å². The van der Waals surface area contributed by atoms with Gasteiger partial charge in [-0.25, -0.2) is 14.5 Å². The first-order chi connectivity index (χ1) is 10.4. The van der Waals surface area contributed by atoms with E-state index in [-0.39, 0.29) is 6.61 Å². The number of ether oxygens (including phenoxy) is 2. The summed E-state index contributed by atoms with van der Waals surface area (Å²) in [5.41, 5.74) is 3.95. The molecule has 0 aliphatic heterocycles. The Morgan fingerprint density at radius 1 is 1.00 bits per heavy atom. The van der Waals surface area contributed by atoms with Crippen LogP contribution < -0.4 is 5.73 Å². The van der Waals surface area contributed by atoms with E-state index < -0.39 is 29.4 Å². The second-order valence-corrected chi connectivity index (χ2v) is 7.45. The molecule has 0 aliphatic carbocycles. The lowest BCUT2D eigenvalue weighted by molar-refractivity contribution is -0.0140. The van der Waals surface area contributed by atoms with E-state index in [1.807, 2.05) is 0 Å². The molecule has 0 saturated heterocycles. The fourth-order valence-electron chi connectivity index (χ4n) is 1.82. The number of nitrogens with zero attached hydrogens (tertiary/aromatic N) is 1. The van der Waals surface area contributed by atoms with Crippen molar-refractivity contribution in [1.82, 2.24) is 4.90 Å². The predicted molar refractivity (Wildman–Crippen MR) is 88.1 cm³/mol. The molecule has 0 unspecified atom stereocenters. The van der Waals surface area contributed by atoms with E-state index in [2.05, 4.69) is 0 Å². The molecule has 0 saturated carbocycles. The number of nitrogens with two attached hydrogens (primary N) is 1. The Balaban J connectivity index is 5.24. The van der Waals surface area contributed by atoms with Crippen molar-refractivity contribution < 1.29 is 24.2 Å². The molecule has 7 nitrogen and oxygen atoms in total. The fourth-order valence-corrected chi connectivity index (χ4v) is 1.82. The maximum atomic E-state index is 12.4. The minimum atomic E-state index is -0.821. The van der Waals surface area contributed by atoms with Crippen LogP contribution in [0.5, 0.6) is 0 Å². The highest BCUT2D eigenvalue weighted by molar-refractivity contribution is 5.88. The molecule has 0 aromatic carbocycles. The molecule has 0 aliphatic rings. The highest BCUT2D eigenvalue weighted by atomic mass is 16.6. The van der Waals surface area contributed by atoms with Gasteiger partial charge in [0.2, 0.25) is 0 Å². The highest BCUT2D eigenvalue weighted by Gasteiger charge is 2.36. The Morgan fingerprint density at radius 3 is 1.74 bits per heavy atom. The van der Waals surface area contributed by atoms with E-state index in [1.165, 1.54) is 0 Å². The second-order valence-electron chi connectivity index (χ2n) is 7.45. The van der Waals surface area contributed by atoms with Crippen molar-refractivity contribution >= 4 is 12.2 Å². The van der Waals surface area contributed by atoms with Crippen LogP contribution in [0, 0.1) is 0 Å². The Labute approximate surface area is 139 Å². The van der Waals surface area contributed by atoms with Crippen molar-refractivity contribution in [2.45, 2.75) is 78.0 Å². The molecule has 3 N–H and O–H groups in total. The molecule has 0 aromatic heterocycles. The van der Waals surface area contributed by atoms with Crippen LogP contribution in [-0.4, -0.2) is 52.6 Å². The van der Waals surface area contributed by atoms with Gasteiger partial charge in [0.05, 0.1) is 12.6 Å². The number of hydrogen-bond donors (Lipinski definition) is 2. The van der Waals surface area contributed by atoms with Crippen LogP contribution in [-0.2, 0) is 9.47 Å². The van der Waals surface area contributed by atoms with Crippen molar-refractivity contribution in [2.24, 2.45) is 5.73 Å². The molecule has 0 rings (SSSR count). The summed E-state index contributed by atoms with van der Waals surface area (Å²) in [6.07, 6.45) is 0.222. The molecule has 2 amide bonds. The van der Waals surface area contributed by atoms with E-state index in [9.17, 15) is 14.7 Å². The Hall–Kier alpha value is -1.34. The van der Waals surface area contributed by atoms with Crippen LogP contribution in [0.4, 0.5) is 9.59 Å². The number of imide groups is 1. The Morgan fingerprint density at radius 2 is 1.43 bits per heavy atom. The van der Waals surface area contributed by atoms with Crippen molar-refractivity contribution in [1.29, 1.82) is 0 Å². The van der Waals surface area contributed by atoms with Crippen LogP contribution in [0.25, 0.3) is 0 Å². The Bertz CT molecular complexity index is 357. The van der Waals surface area contributed by atoms with Gasteiger partial charge in [-0.05, 0) is 60.9 Å². The lowest BCUT2D eigenvalue weighted by Crippen LogP contribution is -2.50. The number of carbonyl (C=O) groups excluding carboxylic acids is 2. The van der Waals surface area contributed by atoms with E-state index in [1.54, 1.807) is 41.5 Å². The summed E-state index contributed by atoms with van der Waals surface area (Å²) in [6, 6.07) is -0.703. The zero-order chi connectivity index (χ0) is 18.3. The summed E-state index contributed by atoms with van der Waals surface area (Å²) in [4.78, 5) is 25.6. The van der Waals surface area contributed by atoms with E-state index in [0.29, 0.717) is 19.4 Å². The summed E-state index contributed by atoms with van der Waals surface area (Å²) in [5, 5.41) is 9.60. The summed E-state index contributed by atoms with van der Waals surface area (Å²) in [6.45, 7) is 10.4. The first-order valence-corrected chi connectivity index (χ1v) is 7.97. The molecule has 0 aromatic rings. The minimum absolute atomic E-state index is 0.358. The number of rotatable bonds is 6. The third-order valence-electron chi connectivity index (χ3n) is 2.75. The predicted octanol–water partition coefficient (Wildman–Crippen LogP) is 2.65. The van der Waals surface area contributed by atoms with Gasteiger partial charge in [0.25, 0.3) is 0 Å². The van der Waals surface area contributed by atoms with Gasteiger partial charge in [-0.3, -0.25) is 0 Å². The topological polar surface area (TPSA) is 102 Å². The molecular weight excluding hydrogens is 300 g/mol. The third-order valence-corrected chi connectivity index (χ3v) is 2.75. The zero-order valence-electron chi connectivity index (χ0n) is 15.2. The fraction of sp³-hybridized carbons (Fsp3) is 0.875. The SMILES string of the molecule is CC(C)(C)OC(=O)N(C(=O)OC(C)(C)C)[C@H](CO)CCCCN. The molecule has 0 spiro atoms. The molecule has 7 heteroatoms. The zero-order valence-corrected chi connectivity index (χ0v) is 15.2. The minimum Gasteiger partial charge on any atom is -0.443 e. The van der Waals surface area contributed by atoms with Crippen LogP contribution in [0.3, 0.4) is 0 Å². The number of hydrogen-bond acceptors (Lipinski definition) is 6. The maximum absolute atomic E-state index is 12.4. The van der Waals surface area contributed by atoms with Crippen LogP contribution in [0.2, 0.25) is 0 Å². The summed E-state index contributed by atoms with van der Waals surface area (Å²) in [5.74, 6) is 0. The molecule has 136 valence electrons. The number of unbranched alkanes of at least 4 members (excludes halogenated alkanes) is 1. The first kappa shape index (κ1) is 21.7. The van der Waals surface area contributed by atoms with Gasteiger partial charge in [-0.15, -0.1) is 0 Å². The van der Waals surface area contributed by atoms with Gasteiger partial charge in [0, 0.05) is 0 Å². The van der Waals surface area contributed by atoms with Crippen LogP contribution in [0.15, 0.2) is 0 Å². The van der Waals surface area contributed by atoms with Gasteiger partial charge in [-0.2, -0.15) is 0 Å². The van der Waals surface area contributed by atoms with Gasteiger partial charge < -0.3 is 20.3 Å². The van der Waals surface area contributed by atoms with Gasteiger partial charge in [0.1, 0.15) is 11.2 Å². The average Bonchev–Trinajstić information content (AvgIpc) is 2.33. The maximum Gasteiger partial charge on any atom is 0.420 e. The monoisotopic (exact) mass is 332 g/mol. The first-order valence-electron chi connectivity index (χ1n) is 7.97.